The molecule has 0 amide bonds. The molecule has 1 N–H and O–H groups in total. The third-order valence-electron chi connectivity index (χ3n) is 5.02. The van der Waals surface area contributed by atoms with Crippen molar-refractivity contribution < 1.29 is 13.2 Å². The van der Waals surface area contributed by atoms with Crippen LogP contribution in [-0.2, 0) is 21.3 Å². The van der Waals surface area contributed by atoms with Crippen molar-refractivity contribution in [2.24, 2.45) is 11.3 Å². The van der Waals surface area contributed by atoms with Crippen LogP contribution in [0.25, 0.3) is 0 Å². The van der Waals surface area contributed by atoms with Crippen molar-refractivity contribution in [3.05, 3.63) is 16.6 Å². The topological polar surface area (TPSA) is 71.5 Å². The standard InChI is InChI=1S/C14H21N3O3S2/c18-22(19,12-1-2-12)16-8-14-9-17(5-11(14)7-20-10-14)6-13-15-3-4-21-13/h3-4,11-12,16H,1-2,5-10H2/t11-,14+/m0/s1. The molecule has 1 saturated carbocycles. The number of nitrogens with one attached hydrogen (secondary N) is 1. The summed E-state index contributed by atoms with van der Waals surface area (Å²) >= 11 is 1.67. The van der Waals surface area contributed by atoms with E-state index in [1.165, 1.54) is 0 Å². The Kier molecular flexibility index (Phi) is 3.77. The lowest BCUT2D eigenvalue weighted by atomic mass is 9.81. The molecule has 3 aliphatic rings. The van der Waals surface area contributed by atoms with Gasteiger partial charge in [-0.25, -0.2) is 18.1 Å². The third-order valence-corrected chi connectivity index (χ3v) is 7.68. The summed E-state index contributed by atoms with van der Waals surface area (Å²) in [5.74, 6) is 0.411. The molecular weight excluding hydrogens is 322 g/mol. The number of sulfonamides is 1. The first-order valence-corrected chi connectivity index (χ1v) is 10.2. The minimum Gasteiger partial charge on any atom is -0.380 e. The summed E-state index contributed by atoms with van der Waals surface area (Å²) in [5.41, 5.74) is -0.0702. The van der Waals surface area contributed by atoms with Gasteiger partial charge in [-0.3, -0.25) is 4.90 Å². The number of thiazole rings is 1. The maximum atomic E-state index is 12.1. The van der Waals surface area contributed by atoms with Crippen LogP contribution in [0, 0.1) is 11.3 Å². The van der Waals surface area contributed by atoms with Crippen molar-refractivity contribution >= 4 is 21.4 Å². The molecule has 2 atom stereocenters. The van der Waals surface area contributed by atoms with Crippen molar-refractivity contribution in [2.45, 2.75) is 24.6 Å². The molecule has 0 spiro atoms. The Morgan fingerprint density at radius 1 is 1.50 bits per heavy atom. The fourth-order valence-corrected chi connectivity index (χ4v) is 5.71. The molecule has 3 heterocycles. The van der Waals surface area contributed by atoms with Crippen molar-refractivity contribution in [3.63, 3.8) is 0 Å². The third kappa shape index (κ3) is 2.82. The first-order chi connectivity index (χ1) is 10.6. The molecule has 0 radical (unpaired) electrons. The Morgan fingerprint density at radius 2 is 2.36 bits per heavy atom. The number of nitrogens with zero attached hydrogens (tertiary/aromatic N) is 2. The summed E-state index contributed by atoms with van der Waals surface area (Å²) in [5, 5.41) is 2.96. The van der Waals surface area contributed by atoms with Gasteiger partial charge in [0.2, 0.25) is 10.0 Å². The molecule has 1 aliphatic carbocycles. The average Bonchev–Trinajstić information content (AvgIpc) is 2.95. The van der Waals surface area contributed by atoms with Gasteiger partial charge in [-0.05, 0) is 12.8 Å². The summed E-state index contributed by atoms with van der Waals surface area (Å²) in [7, 11) is -3.12. The van der Waals surface area contributed by atoms with Gasteiger partial charge in [-0.15, -0.1) is 11.3 Å². The van der Waals surface area contributed by atoms with Crippen LogP contribution < -0.4 is 4.72 Å². The SMILES string of the molecule is O=S(=O)(NC[C@@]12COC[C@@H]1CN(Cc1nccs1)C2)C1CC1. The highest BCUT2D eigenvalue weighted by atomic mass is 32.2. The smallest absolute Gasteiger partial charge is 0.214 e. The van der Waals surface area contributed by atoms with Gasteiger partial charge in [-0.2, -0.15) is 0 Å². The molecular formula is C14H21N3O3S2. The zero-order chi connectivity index (χ0) is 15.2. The Balaban J connectivity index is 1.42. The fraction of sp³-hybridized carbons (Fsp3) is 0.786. The van der Waals surface area contributed by atoms with E-state index >= 15 is 0 Å². The largest absolute Gasteiger partial charge is 0.380 e. The minimum atomic E-state index is -3.12. The summed E-state index contributed by atoms with van der Waals surface area (Å²) in [4.78, 5) is 6.73. The summed E-state index contributed by atoms with van der Waals surface area (Å²) < 4.78 is 32.7. The van der Waals surface area contributed by atoms with Crippen LogP contribution in [0.4, 0.5) is 0 Å². The van der Waals surface area contributed by atoms with Gasteiger partial charge in [0.15, 0.2) is 0 Å². The molecule has 122 valence electrons. The average molecular weight is 343 g/mol. The minimum absolute atomic E-state index is 0.0702. The Morgan fingerprint density at radius 3 is 3.09 bits per heavy atom. The Bertz CT molecular complexity index is 630. The second-order valence-corrected chi connectivity index (χ2v) is 9.76. The normalized spacial score (nSPS) is 32.5. The molecule has 1 aromatic rings. The molecule has 22 heavy (non-hydrogen) atoms. The second kappa shape index (κ2) is 5.52. The Labute approximate surface area is 134 Å². The monoisotopic (exact) mass is 343 g/mol. The predicted molar refractivity (Wildman–Crippen MR) is 84.1 cm³/mol. The summed E-state index contributed by atoms with van der Waals surface area (Å²) in [6.07, 6.45) is 3.44. The summed E-state index contributed by atoms with van der Waals surface area (Å²) in [6, 6.07) is 0. The lowest BCUT2D eigenvalue weighted by Crippen LogP contribution is -2.43. The van der Waals surface area contributed by atoms with E-state index in [0.717, 1.165) is 44.1 Å². The van der Waals surface area contributed by atoms with E-state index in [0.29, 0.717) is 19.1 Å². The maximum absolute atomic E-state index is 12.1. The van der Waals surface area contributed by atoms with E-state index in [-0.39, 0.29) is 10.7 Å². The van der Waals surface area contributed by atoms with Crippen LogP contribution in [0.1, 0.15) is 17.8 Å². The van der Waals surface area contributed by atoms with Gasteiger partial charge in [0.25, 0.3) is 0 Å². The highest BCUT2D eigenvalue weighted by Crippen LogP contribution is 2.42. The van der Waals surface area contributed by atoms with Crippen LogP contribution in [0.3, 0.4) is 0 Å². The predicted octanol–water partition coefficient (Wildman–Crippen LogP) is 0.673. The molecule has 1 aromatic heterocycles. The number of likely N-dealkylation sites (tertiary alicyclic amines) is 1. The number of hydrogen-bond acceptors (Lipinski definition) is 6. The van der Waals surface area contributed by atoms with E-state index in [2.05, 4.69) is 14.6 Å². The second-order valence-electron chi connectivity index (χ2n) is 6.74. The molecule has 4 rings (SSSR count). The quantitative estimate of drug-likeness (QED) is 0.822. The molecule has 6 nitrogen and oxygen atoms in total. The van der Waals surface area contributed by atoms with Crippen LogP contribution in [-0.4, -0.2) is 56.4 Å². The molecule has 0 unspecified atom stereocenters. The lowest BCUT2D eigenvalue weighted by molar-refractivity contribution is 0.128. The molecule has 0 bridgehead atoms. The fourth-order valence-electron chi connectivity index (χ4n) is 3.58. The summed E-state index contributed by atoms with van der Waals surface area (Å²) in [6.45, 7) is 4.59. The van der Waals surface area contributed by atoms with Crippen molar-refractivity contribution in [1.82, 2.24) is 14.6 Å². The maximum Gasteiger partial charge on any atom is 0.214 e. The molecule has 2 saturated heterocycles. The van der Waals surface area contributed by atoms with Gasteiger partial charge in [0, 0.05) is 42.5 Å². The van der Waals surface area contributed by atoms with E-state index in [1.807, 2.05) is 11.6 Å². The number of rotatable bonds is 6. The Hall–Kier alpha value is -0.540. The van der Waals surface area contributed by atoms with Crippen LogP contribution >= 0.6 is 11.3 Å². The van der Waals surface area contributed by atoms with Crippen molar-refractivity contribution in [3.8, 4) is 0 Å². The van der Waals surface area contributed by atoms with E-state index in [1.54, 1.807) is 11.3 Å². The number of fused-ring (bicyclic) bond motifs is 1. The van der Waals surface area contributed by atoms with E-state index in [9.17, 15) is 8.42 Å². The van der Waals surface area contributed by atoms with Gasteiger partial charge in [-0.1, -0.05) is 0 Å². The highest BCUT2D eigenvalue weighted by molar-refractivity contribution is 7.90. The van der Waals surface area contributed by atoms with Gasteiger partial charge in [0.05, 0.1) is 25.0 Å². The van der Waals surface area contributed by atoms with E-state index < -0.39 is 10.0 Å². The molecule has 2 aliphatic heterocycles. The zero-order valence-corrected chi connectivity index (χ0v) is 14.0. The zero-order valence-electron chi connectivity index (χ0n) is 12.4. The van der Waals surface area contributed by atoms with Crippen LogP contribution in [0.15, 0.2) is 11.6 Å². The van der Waals surface area contributed by atoms with Crippen molar-refractivity contribution in [2.75, 3.05) is 32.8 Å². The molecule has 0 aromatic carbocycles. The van der Waals surface area contributed by atoms with Crippen LogP contribution in [0.2, 0.25) is 0 Å². The first kappa shape index (κ1) is 15.0. The van der Waals surface area contributed by atoms with Crippen molar-refractivity contribution in [1.29, 1.82) is 0 Å². The number of ether oxygens (including phenoxy) is 1. The molecule has 8 heteroatoms. The van der Waals surface area contributed by atoms with Crippen LogP contribution in [0.5, 0.6) is 0 Å². The number of aromatic nitrogens is 1. The van der Waals surface area contributed by atoms with Gasteiger partial charge < -0.3 is 4.74 Å². The lowest BCUT2D eigenvalue weighted by Gasteiger charge is -2.27. The van der Waals surface area contributed by atoms with Gasteiger partial charge in [0.1, 0.15) is 5.01 Å². The number of hydrogen-bond donors (Lipinski definition) is 1. The molecule has 3 fully saturated rings. The van der Waals surface area contributed by atoms with Gasteiger partial charge >= 0.3 is 0 Å². The van der Waals surface area contributed by atoms with E-state index in [4.69, 9.17) is 4.74 Å². The highest BCUT2D eigenvalue weighted by Gasteiger charge is 2.51. The first-order valence-electron chi connectivity index (χ1n) is 7.74.